The maximum Gasteiger partial charge on any atom is 0.290 e. The van der Waals surface area contributed by atoms with Gasteiger partial charge in [0.05, 0.1) is 18.2 Å². The van der Waals surface area contributed by atoms with E-state index in [4.69, 9.17) is 0 Å². The Morgan fingerprint density at radius 3 is 2.57 bits per heavy atom. The monoisotopic (exact) mass is 327 g/mol. The number of hydrogen-bond acceptors (Lipinski definition) is 4. The number of ketones is 1. The molecule has 1 atom stereocenters. The first kappa shape index (κ1) is 15.5. The Kier molecular flexibility index (Phi) is 4.30. The number of rotatable bonds is 5. The summed E-state index contributed by atoms with van der Waals surface area (Å²) in [5.41, 5.74) is 1.04. The lowest BCUT2D eigenvalue weighted by molar-refractivity contribution is -0.130. The third-order valence-electron chi connectivity index (χ3n) is 3.95. The van der Waals surface area contributed by atoms with Gasteiger partial charge in [0.25, 0.3) is 5.91 Å². The average molecular weight is 327 g/mol. The average Bonchev–Trinajstić information content (AvgIpc) is 3.17. The molecule has 0 bridgehead atoms. The van der Waals surface area contributed by atoms with Crippen molar-refractivity contribution >= 4 is 23.0 Å². The highest BCUT2D eigenvalue weighted by atomic mass is 32.1. The first-order valence-electron chi connectivity index (χ1n) is 7.48. The van der Waals surface area contributed by atoms with Crippen LogP contribution in [0.3, 0.4) is 0 Å². The van der Waals surface area contributed by atoms with E-state index in [0.29, 0.717) is 6.54 Å². The highest BCUT2D eigenvalue weighted by molar-refractivity contribution is 7.09. The second-order valence-electron chi connectivity index (χ2n) is 5.36. The summed E-state index contributed by atoms with van der Waals surface area (Å²) in [6.45, 7) is 2.11. The van der Waals surface area contributed by atoms with Gasteiger partial charge in [-0.2, -0.15) is 0 Å². The van der Waals surface area contributed by atoms with Crippen molar-refractivity contribution in [3.63, 3.8) is 0 Å². The van der Waals surface area contributed by atoms with Gasteiger partial charge in [-0.3, -0.25) is 9.59 Å². The molecule has 1 aliphatic rings. The van der Waals surface area contributed by atoms with Crippen LogP contribution in [0, 0.1) is 0 Å². The lowest BCUT2D eigenvalue weighted by Crippen LogP contribution is -2.30. The highest BCUT2D eigenvalue weighted by Gasteiger charge is 2.42. The number of hydrogen-bond donors (Lipinski definition) is 1. The first-order chi connectivity index (χ1) is 11.1. The maximum atomic E-state index is 12.5. The number of nitrogens with zero attached hydrogens (tertiary/aromatic N) is 1. The van der Waals surface area contributed by atoms with E-state index in [1.165, 1.54) is 0 Å². The first-order valence-corrected chi connectivity index (χ1v) is 8.36. The van der Waals surface area contributed by atoms with Gasteiger partial charge < -0.3 is 10.0 Å². The van der Waals surface area contributed by atoms with Gasteiger partial charge in [0.2, 0.25) is 0 Å². The van der Waals surface area contributed by atoms with E-state index in [0.717, 1.165) is 10.4 Å². The Bertz CT molecular complexity index is 750. The second-order valence-corrected chi connectivity index (χ2v) is 6.40. The third-order valence-corrected chi connectivity index (χ3v) is 4.81. The molecule has 0 spiro atoms. The van der Waals surface area contributed by atoms with E-state index in [-0.39, 0.29) is 17.8 Å². The number of Topliss-reactive ketones (excluding diaryl/α,β-unsaturated/α-hetero) is 1. The Hall–Kier alpha value is -2.40. The topological polar surface area (TPSA) is 57.6 Å². The summed E-state index contributed by atoms with van der Waals surface area (Å²) >= 11 is 1.55. The number of carbonyl (C=O) groups is 2. The summed E-state index contributed by atoms with van der Waals surface area (Å²) < 4.78 is 0. The molecule has 3 rings (SSSR count). The van der Waals surface area contributed by atoms with Crippen LogP contribution in [0.15, 0.2) is 59.2 Å². The molecule has 1 aliphatic heterocycles. The minimum Gasteiger partial charge on any atom is -0.503 e. The molecule has 0 aliphatic carbocycles. The number of carbonyl (C=O) groups excluding carboxylic acids is 2. The SMILES string of the molecule is CCC(=O)C1=C(O)C(=O)N(Cc2cccs2)C1c1ccccc1. The number of aliphatic hydroxyl groups excluding tert-OH is 1. The summed E-state index contributed by atoms with van der Waals surface area (Å²) in [5, 5.41) is 12.2. The number of amides is 1. The predicted octanol–water partition coefficient (Wildman–Crippen LogP) is 3.62. The van der Waals surface area contributed by atoms with E-state index < -0.39 is 17.7 Å². The molecule has 23 heavy (non-hydrogen) atoms. The lowest BCUT2D eigenvalue weighted by atomic mass is 9.95. The molecule has 1 unspecified atom stereocenters. The van der Waals surface area contributed by atoms with Gasteiger partial charge in [0.1, 0.15) is 0 Å². The predicted molar refractivity (Wildman–Crippen MR) is 89.0 cm³/mol. The summed E-state index contributed by atoms with van der Waals surface area (Å²) in [7, 11) is 0. The van der Waals surface area contributed by atoms with Crippen molar-refractivity contribution in [2.24, 2.45) is 0 Å². The van der Waals surface area contributed by atoms with E-state index in [2.05, 4.69) is 0 Å². The van der Waals surface area contributed by atoms with E-state index in [1.807, 2.05) is 47.8 Å². The smallest absolute Gasteiger partial charge is 0.290 e. The van der Waals surface area contributed by atoms with Crippen molar-refractivity contribution in [2.75, 3.05) is 0 Å². The van der Waals surface area contributed by atoms with Gasteiger partial charge in [-0.25, -0.2) is 0 Å². The molecule has 4 nitrogen and oxygen atoms in total. The van der Waals surface area contributed by atoms with Gasteiger partial charge in [0.15, 0.2) is 11.5 Å². The van der Waals surface area contributed by atoms with Gasteiger partial charge in [-0.05, 0) is 17.0 Å². The van der Waals surface area contributed by atoms with Crippen LogP contribution in [0.1, 0.15) is 29.8 Å². The van der Waals surface area contributed by atoms with Gasteiger partial charge in [-0.15, -0.1) is 11.3 Å². The quantitative estimate of drug-likeness (QED) is 0.912. The summed E-state index contributed by atoms with van der Waals surface area (Å²) in [5.74, 6) is -1.09. The number of thiophene rings is 1. The van der Waals surface area contributed by atoms with Crippen molar-refractivity contribution in [1.82, 2.24) is 4.90 Å². The largest absolute Gasteiger partial charge is 0.503 e. The zero-order valence-corrected chi connectivity index (χ0v) is 13.5. The van der Waals surface area contributed by atoms with Crippen molar-refractivity contribution in [3.05, 3.63) is 69.6 Å². The van der Waals surface area contributed by atoms with Crippen LogP contribution in [-0.4, -0.2) is 21.7 Å². The fourth-order valence-electron chi connectivity index (χ4n) is 2.84. The molecule has 0 fully saturated rings. The molecule has 5 heteroatoms. The molecule has 2 heterocycles. The summed E-state index contributed by atoms with van der Waals surface area (Å²) in [6, 6.07) is 12.7. The minimum atomic E-state index is -0.529. The maximum absolute atomic E-state index is 12.5. The molecule has 1 N–H and O–H groups in total. The Morgan fingerprint density at radius 2 is 1.96 bits per heavy atom. The van der Waals surface area contributed by atoms with E-state index in [1.54, 1.807) is 23.2 Å². The molecule has 1 aromatic heterocycles. The van der Waals surface area contributed by atoms with Crippen LogP contribution >= 0.6 is 11.3 Å². The molecule has 1 aromatic carbocycles. The molecule has 0 radical (unpaired) electrons. The van der Waals surface area contributed by atoms with Crippen LogP contribution in [0.2, 0.25) is 0 Å². The zero-order valence-electron chi connectivity index (χ0n) is 12.7. The van der Waals surface area contributed by atoms with Crippen LogP contribution < -0.4 is 0 Å². The third kappa shape index (κ3) is 2.80. The summed E-state index contributed by atoms with van der Waals surface area (Å²) in [4.78, 5) is 27.4. The van der Waals surface area contributed by atoms with Crippen molar-refractivity contribution in [1.29, 1.82) is 0 Å². The van der Waals surface area contributed by atoms with Crippen LogP contribution in [0.25, 0.3) is 0 Å². The molecule has 2 aromatic rings. The Labute approximate surface area is 138 Å². The van der Waals surface area contributed by atoms with E-state index >= 15 is 0 Å². The van der Waals surface area contributed by atoms with Gasteiger partial charge in [-0.1, -0.05) is 43.3 Å². The molecular weight excluding hydrogens is 310 g/mol. The minimum absolute atomic E-state index is 0.196. The van der Waals surface area contributed by atoms with Crippen LogP contribution in [0.5, 0.6) is 0 Å². The Balaban J connectivity index is 2.05. The number of benzene rings is 1. The van der Waals surface area contributed by atoms with Crippen LogP contribution in [-0.2, 0) is 16.1 Å². The van der Waals surface area contributed by atoms with Gasteiger partial charge in [0, 0.05) is 11.3 Å². The molecule has 0 saturated heterocycles. The fraction of sp³-hybridized carbons (Fsp3) is 0.222. The zero-order chi connectivity index (χ0) is 16.4. The lowest BCUT2D eigenvalue weighted by Gasteiger charge is -2.26. The molecular formula is C18H17NO3S. The highest BCUT2D eigenvalue weighted by Crippen LogP contribution is 2.39. The standard InChI is InChI=1S/C18H17NO3S/c1-2-14(20)15-16(12-7-4-3-5-8-12)19(18(22)17(15)21)11-13-9-6-10-23-13/h3-10,16,21H,2,11H2,1H3. The van der Waals surface area contributed by atoms with Crippen LogP contribution in [0.4, 0.5) is 0 Å². The normalized spacial score (nSPS) is 17.9. The van der Waals surface area contributed by atoms with Crippen molar-refractivity contribution in [2.45, 2.75) is 25.9 Å². The molecule has 0 saturated carbocycles. The molecule has 1 amide bonds. The Morgan fingerprint density at radius 1 is 1.22 bits per heavy atom. The van der Waals surface area contributed by atoms with Gasteiger partial charge >= 0.3 is 0 Å². The number of aliphatic hydroxyl groups is 1. The summed E-state index contributed by atoms with van der Waals surface area (Å²) in [6.07, 6.45) is 0.253. The fourth-order valence-corrected chi connectivity index (χ4v) is 3.55. The van der Waals surface area contributed by atoms with Crippen molar-refractivity contribution < 1.29 is 14.7 Å². The van der Waals surface area contributed by atoms with E-state index in [9.17, 15) is 14.7 Å². The van der Waals surface area contributed by atoms with Crippen molar-refractivity contribution in [3.8, 4) is 0 Å². The molecule has 118 valence electrons. The second kappa shape index (κ2) is 6.38.